The Bertz CT molecular complexity index is 948. The van der Waals surface area contributed by atoms with E-state index in [1.807, 2.05) is 0 Å². The summed E-state index contributed by atoms with van der Waals surface area (Å²) >= 11 is 14.5. The van der Waals surface area contributed by atoms with E-state index in [4.69, 9.17) is 23.2 Å². The van der Waals surface area contributed by atoms with Crippen molar-refractivity contribution in [1.82, 2.24) is 14.8 Å². The summed E-state index contributed by atoms with van der Waals surface area (Å²) in [6.45, 7) is 0. The molecule has 0 bridgehead atoms. The van der Waals surface area contributed by atoms with E-state index < -0.39 is 5.91 Å². The maximum Gasteiger partial charge on any atom is 0.277 e. The molecule has 6 nitrogen and oxygen atoms in total. The summed E-state index contributed by atoms with van der Waals surface area (Å²) in [5, 5.41) is 8.70. The van der Waals surface area contributed by atoms with E-state index in [1.54, 1.807) is 11.4 Å². The van der Waals surface area contributed by atoms with Crippen molar-refractivity contribution in [2.45, 2.75) is 0 Å². The minimum absolute atomic E-state index is 0.125. The van der Waals surface area contributed by atoms with Crippen LogP contribution in [0.15, 0.2) is 28.4 Å². The number of hydrogen-bond acceptors (Lipinski definition) is 6. The molecule has 0 fully saturated rings. The average Bonchev–Trinajstić information content (AvgIpc) is 3.08. The third kappa shape index (κ3) is 3.45. The number of anilines is 1. The van der Waals surface area contributed by atoms with E-state index in [9.17, 15) is 9.59 Å². The highest BCUT2D eigenvalue weighted by Gasteiger charge is 2.15. The summed E-state index contributed by atoms with van der Waals surface area (Å²) in [4.78, 5) is 27.7. The van der Waals surface area contributed by atoms with Gasteiger partial charge >= 0.3 is 0 Å². The third-order valence-electron chi connectivity index (χ3n) is 2.85. The monoisotopic (exact) mass is 386 g/mol. The van der Waals surface area contributed by atoms with Crippen LogP contribution in [0.4, 0.5) is 5.13 Å². The zero-order chi connectivity index (χ0) is 16.6. The number of halogens is 2. The Morgan fingerprint density at radius 3 is 2.78 bits per heavy atom. The zero-order valence-electron chi connectivity index (χ0n) is 11.5. The van der Waals surface area contributed by atoms with Gasteiger partial charge in [0.1, 0.15) is 10.0 Å². The highest BCUT2D eigenvalue weighted by molar-refractivity contribution is 7.20. The second-order valence-electron chi connectivity index (χ2n) is 4.41. The standard InChI is InChI=1S/C13H8Cl2N4O2S2/c1-19-10(20)3-2-7(18-19)12(21)17-13-16-8(5-22-13)6-4-9(14)23-11(6)15/h2-5H,1H3,(H,16,17,21). The first-order valence-corrected chi connectivity index (χ1v) is 8.65. The Morgan fingerprint density at radius 1 is 1.35 bits per heavy atom. The van der Waals surface area contributed by atoms with Gasteiger partial charge in [-0.2, -0.15) is 5.10 Å². The van der Waals surface area contributed by atoms with Gasteiger partial charge in [-0.05, 0) is 12.1 Å². The molecular weight excluding hydrogens is 379 g/mol. The van der Waals surface area contributed by atoms with Gasteiger partial charge in [-0.3, -0.25) is 14.9 Å². The summed E-state index contributed by atoms with van der Waals surface area (Å²) in [7, 11) is 1.48. The number of aryl methyl sites for hydroxylation is 1. The van der Waals surface area contributed by atoms with Gasteiger partial charge in [0.05, 0.1) is 10.0 Å². The summed E-state index contributed by atoms with van der Waals surface area (Å²) in [6, 6.07) is 4.37. The van der Waals surface area contributed by atoms with Crippen LogP contribution in [0.5, 0.6) is 0 Å². The Morgan fingerprint density at radius 2 is 2.13 bits per heavy atom. The van der Waals surface area contributed by atoms with Gasteiger partial charge < -0.3 is 0 Å². The van der Waals surface area contributed by atoms with Crippen LogP contribution in [0.2, 0.25) is 8.67 Å². The Hall–Kier alpha value is -1.74. The van der Waals surface area contributed by atoms with Crippen molar-refractivity contribution in [2.75, 3.05) is 5.32 Å². The van der Waals surface area contributed by atoms with Gasteiger partial charge in [0.15, 0.2) is 5.13 Å². The molecule has 1 amide bonds. The van der Waals surface area contributed by atoms with Crippen molar-refractivity contribution in [1.29, 1.82) is 0 Å². The van der Waals surface area contributed by atoms with Crippen LogP contribution in [0.3, 0.4) is 0 Å². The molecule has 3 rings (SSSR count). The molecule has 3 aromatic heterocycles. The molecular formula is C13H8Cl2N4O2S2. The second-order valence-corrected chi connectivity index (χ2v) is 7.55. The summed E-state index contributed by atoms with van der Waals surface area (Å²) in [5.74, 6) is -0.448. The molecule has 0 aliphatic heterocycles. The minimum Gasteiger partial charge on any atom is -0.296 e. The largest absolute Gasteiger partial charge is 0.296 e. The van der Waals surface area contributed by atoms with Gasteiger partial charge in [-0.1, -0.05) is 23.2 Å². The fourth-order valence-corrected chi connectivity index (χ4v) is 3.94. The number of carbonyl (C=O) groups is 1. The Labute approximate surface area is 148 Å². The van der Waals surface area contributed by atoms with Crippen LogP contribution in [-0.2, 0) is 7.05 Å². The van der Waals surface area contributed by atoms with Gasteiger partial charge in [0, 0.05) is 24.1 Å². The summed E-state index contributed by atoms with van der Waals surface area (Å²) < 4.78 is 2.20. The highest BCUT2D eigenvalue weighted by Crippen LogP contribution is 2.38. The van der Waals surface area contributed by atoms with E-state index >= 15 is 0 Å². The van der Waals surface area contributed by atoms with Crippen molar-refractivity contribution in [3.63, 3.8) is 0 Å². The summed E-state index contributed by atoms with van der Waals surface area (Å²) in [5.41, 5.74) is 1.19. The third-order valence-corrected chi connectivity index (χ3v) is 5.10. The number of carbonyl (C=O) groups excluding carboxylic acids is 1. The van der Waals surface area contributed by atoms with E-state index in [-0.39, 0.29) is 11.3 Å². The maximum atomic E-state index is 12.1. The topological polar surface area (TPSA) is 76.9 Å². The van der Waals surface area contributed by atoms with Crippen molar-refractivity contribution in [3.05, 3.63) is 48.3 Å². The zero-order valence-corrected chi connectivity index (χ0v) is 14.7. The van der Waals surface area contributed by atoms with Crippen LogP contribution < -0.4 is 10.9 Å². The molecule has 23 heavy (non-hydrogen) atoms. The van der Waals surface area contributed by atoms with Gasteiger partial charge in [0.25, 0.3) is 11.5 Å². The van der Waals surface area contributed by atoms with Crippen LogP contribution in [-0.4, -0.2) is 20.7 Å². The maximum absolute atomic E-state index is 12.1. The smallest absolute Gasteiger partial charge is 0.277 e. The molecule has 10 heteroatoms. The lowest BCUT2D eigenvalue weighted by molar-refractivity contribution is 0.102. The molecule has 0 radical (unpaired) electrons. The highest BCUT2D eigenvalue weighted by atomic mass is 35.5. The van der Waals surface area contributed by atoms with E-state index in [0.29, 0.717) is 19.5 Å². The predicted molar refractivity (Wildman–Crippen MR) is 92.9 cm³/mol. The number of amides is 1. The van der Waals surface area contributed by atoms with Crippen molar-refractivity contribution in [3.8, 4) is 11.3 Å². The second kappa shape index (κ2) is 6.40. The van der Waals surface area contributed by atoms with Crippen LogP contribution >= 0.6 is 45.9 Å². The van der Waals surface area contributed by atoms with Crippen molar-refractivity contribution in [2.24, 2.45) is 7.05 Å². The normalized spacial score (nSPS) is 10.7. The van der Waals surface area contributed by atoms with Gasteiger partial charge in [-0.25, -0.2) is 9.67 Å². The van der Waals surface area contributed by atoms with E-state index in [2.05, 4.69) is 15.4 Å². The molecule has 0 unspecified atom stereocenters. The number of aromatic nitrogens is 3. The first-order chi connectivity index (χ1) is 10.9. The molecule has 0 spiro atoms. The number of thiophene rings is 1. The lowest BCUT2D eigenvalue weighted by atomic mass is 10.3. The Balaban J connectivity index is 1.81. The summed E-state index contributed by atoms with van der Waals surface area (Å²) in [6.07, 6.45) is 0. The molecule has 0 aliphatic rings. The number of rotatable bonds is 3. The van der Waals surface area contributed by atoms with E-state index in [1.165, 1.54) is 41.9 Å². The minimum atomic E-state index is -0.448. The first-order valence-electron chi connectivity index (χ1n) is 6.20. The molecule has 0 aromatic carbocycles. The van der Waals surface area contributed by atoms with Crippen molar-refractivity contribution < 1.29 is 4.79 Å². The fourth-order valence-electron chi connectivity index (χ4n) is 1.75. The number of hydrogen-bond donors (Lipinski definition) is 1. The van der Waals surface area contributed by atoms with Crippen LogP contribution in [0.1, 0.15) is 10.5 Å². The van der Waals surface area contributed by atoms with Crippen LogP contribution in [0, 0.1) is 0 Å². The molecule has 3 aromatic rings. The molecule has 3 heterocycles. The SMILES string of the molecule is Cn1nc(C(=O)Nc2nc(-c3cc(Cl)sc3Cl)cs2)ccc1=O. The quantitative estimate of drug-likeness (QED) is 0.746. The molecule has 0 aliphatic carbocycles. The molecule has 118 valence electrons. The number of nitrogens with zero attached hydrogens (tertiary/aromatic N) is 3. The lowest BCUT2D eigenvalue weighted by Gasteiger charge is -2.02. The first kappa shape index (κ1) is 16.1. The van der Waals surface area contributed by atoms with Crippen LogP contribution in [0.25, 0.3) is 11.3 Å². The molecule has 0 saturated carbocycles. The molecule has 0 atom stereocenters. The molecule has 1 N–H and O–H groups in total. The lowest BCUT2D eigenvalue weighted by Crippen LogP contribution is -2.23. The number of nitrogens with one attached hydrogen (secondary N) is 1. The predicted octanol–water partition coefficient (Wildman–Crippen LogP) is 3.52. The fraction of sp³-hybridized carbons (Fsp3) is 0.0769. The number of thiazole rings is 1. The Kier molecular flexibility index (Phi) is 4.49. The van der Waals surface area contributed by atoms with Gasteiger partial charge in [-0.15, -0.1) is 22.7 Å². The van der Waals surface area contributed by atoms with Gasteiger partial charge in [0.2, 0.25) is 0 Å². The van der Waals surface area contributed by atoms with E-state index in [0.717, 1.165) is 10.2 Å². The average molecular weight is 387 g/mol. The molecule has 0 saturated heterocycles. The van der Waals surface area contributed by atoms with Crippen molar-refractivity contribution >= 4 is 56.9 Å².